The van der Waals surface area contributed by atoms with E-state index in [1.807, 2.05) is 19.9 Å². The Kier molecular flexibility index (Phi) is 4.56. The van der Waals surface area contributed by atoms with Crippen LogP contribution < -0.4 is 10.1 Å². The molecule has 1 rings (SSSR count). The van der Waals surface area contributed by atoms with Crippen LogP contribution in [0.2, 0.25) is 0 Å². The Hall–Kier alpha value is -0.800. The van der Waals surface area contributed by atoms with Gasteiger partial charge in [-0.1, -0.05) is 6.07 Å². The van der Waals surface area contributed by atoms with Crippen molar-refractivity contribution in [2.75, 3.05) is 13.0 Å². The third-order valence-corrected chi connectivity index (χ3v) is 2.99. The van der Waals surface area contributed by atoms with Gasteiger partial charge in [-0.3, -0.25) is 0 Å². The highest BCUT2D eigenvalue weighted by atomic mass is 35.5. The van der Waals surface area contributed by atoms with Gasteiger partial charge < -0.3 is 10.1 Å². The molecule has 0 aliphatic heterocycles. The van der Waals surface area contributed by atoms with Gasteiger partial charge in [-0.25, -0.2) is 4.39 Å². The summed E-state index contributed by atoms with van der Waals surface area (Å²) < 4.78 is 18.2. The Bertz CT molecular complexity index is 355. The van der Waals surface area contributed by atoms with E-state index in [1.54, 1.807) is 6.07 Å². The molecule has 0 radical (unpaired) electrons. The fraction of sp³-hybridized carbons (Fsp3) is 0.500. The van der Waals surface area contributed by atoms with Gasteiger partial charge in [0.1, 0.15) is 0 Å². The number of ether oxygens (including phenoxy) is 1. The molecule has 0 amide bonds. The third kappa shape index (κ3) is 3.65. The van der Waals surface area contributed by atoms with Crippen molar-refractivity contribution in [3.8, 4) is 5.75 Å². The van der Waals surface area contributed by atoms with Crippen LogP contribution in [0.25, 0.3) is 0 Å². The molecule has 0 heterocycles. The van der Waals surface area contributed by atoms with Crippen LogP contribution in [0.4, 0.5) is 4.39 Å². The summed E-state index contributed by atoms with van der Waals surface area (Å²) in [5.41, 5.74) is 0.717. The molecule has 16 heavy (non-hydrogen) atoms. The van der Waals surface area contributed by atoms with Crippen LogP contribution in [0, 0.1) is 5.82 Å². The number of benzene rings is 1. The highest BCUT2D eigenvalue weighted by molar-refractivity contribution is 6.18. The average molecular weight is 246 g/mol. The molecule has 0 fully saturated rings. The number of alkyl halides is 1. The Morgan fingerprint density at radius 3 is 2.62 bits per heavy atom. The molecule has 1 aromatic rings. The first-order valence-electron chi connectivity index (χ1n) is 5.12. The van der Waals surface area contributed by atoms with E-state index in [0.717, 1.165) is 5.56 Å². The van der Waals surface area contributed by atoms with Gasteiger partial charge in [0.15, 0.2) is 11.6 Å². The van der Waals surface area contributed by atoms with Crippen LogP contribution in [0.5, 0.6) is 5.75 Å². The van der Waals surface area contributed by atoms with Crippen molar-refractivity contribution >= 4 is 11.6 Å². The zero-order valence-corrected chi connectivity index (χ0v) is 10.6. The summed E-state index contributed by atoms with van der Waals surface area (Å²) in [4.78, 5) is 0. The molecule has 0 bridgehead atoms. The first-order chi connectivity index (χ1) is 7.48. The fourth-order valence-corrected chi connectivity index (χ4v) is 1.30. The molecule has 0 atom stereocenters. The maximum absolute atomic E-state index is 13.4. The number of hydrogen-bond acceptors (Lipinski definition) is 2. The van der Waals surface area contributed by atoms with E-state index in [1.165, 1.54) is 13.2 Å². The molecule has 0 spiro atoms. The lowest BCUT2D eigenvalue weighted by Gasteiger charge is -2.23. The van der Waals surface area contributed by atoms with Crippen molar-refractivity contribution < 1.29 is 9.13 Å². The Morgan fingerprint density at radius 2 is 2.12 bits per heavy atom. The number of methoxy groups -OCH3 is 1. The second kappa shape index (κ2) is 5.51. The van der Waals surface area contributed by atoms with Gasteiger partial charge in [-0.05, 0) is 31.5 Å². The van der Waals surface area contributed by atoms with Crippen LogP contribution in [0.15, 0.2) is 18.2 Å². The molecule has 1 aromatic carbocycles. The van der Waals surface area contributed by atoms with Gasteiger partial charge in [0.25, 0.3) is 0 Å². The summed E-state index contributed by atoms with van der Waals surface area (Å²) in [5.74, 6) is 0.428. The van der Waals surface area contributed by atoms with Crippen LogP contribution in [0.3, 0.4) is 0 Å². The van der Waals surface area contributed by atoms with Crippen LogP contribution in [0.1, 0.15) is 19.4 Å². The molecule has 90 valence electrons. The molecular formula is C12H17ClFNO. The molecule has 2 nitrogen and oxygen atoms in total. The van der Waals surface area contributed by atoms with Crippen molar-refractivity contribution in [1.82, 2.24) is 5.32 Å². The quantitative estimate of drug-likeness (QED) is 0.806. The molecule has 0 saturated carbocycles. The van der Waals surface area contributed by atoms with Gasteiger partial charge >= 0.3 is 0 Å². The Balaban J connectivity index is 2.65. The normalized spacial score (nSPS) is 11.6. The van der Waals surface area contributed by atoms with Crippen molar-refractivity contribution in [2.45, 2.75) is 25.9 Å². The topological polar surface area (TPSA) is 21.3 Å². The van der Waals surface area contributed by atoms with Gasteiger partial charge in [0.05, 0.1) is 7.11 Å². The summed E-state index contributed by atoms with van der Waals surface area (Å²) in [5, 5.41) is 3.25. The smallest absolute Gasteiger partial charge is 0.165 e. The van der Waals surface area contributed by atoms with Gasteiger partial charge in [0, 0.05) is 18.0 Å². The molecule has 4 heteroatoms. The first kappa shape index (κ1) is 13.3. The zero-order valence-electron chi connectivity index (χ0n) is 9.81. The molecule has 0 aliphatic rings. The van der Waals surface area contributed by atoms with Gasteiger partial charge in [0.2, 0.25) is 0 Å². The fourth-order valence-electron chi connectivity index (χ4n) is 1.21. The van der Waals surface area contributed by atoms with Crippen molar-refractivity contribution in [3.05, 3.63) is 29.6 Å². The van der Waals surface area contributed by atoms with Crippen LogP contribution in [-0.4, -0.2) is 18.5 Å². The highest BCUT2D eigenvalue weighted by Crippen LogP contribution is 2.18. The third-order valence-electron chi connectivity index (χ3n) is 2.32. The monoisotopic (exact) mass is 245 g/mol. The molecule has 0 unspecified atom stereocenters. The molecule has 0 aromatic heterocycles. The minimum atomic E-state index is -0.342. The zero-order chi connectivity index (χ0) is 12.2. The highest BCUT2D eigenvalue weighted by Gasteiger charge is 2.15. The predicted octanol–water partition coefficient (Wildman–Crippen LogP) is 2.94. The Morgan fingerprint density at radius 1 is 1.44 bits per heavy atom. The summed E-state index contributed by atoms with van der Waals surface area (Å²) in [6.45, 7) is 4.58. The lowest BCUT2D eigenvalue weighted by Crippen LogP contribution is -2.40. The summed E-state index contributed by atoms with van der Waals surface area (Å²) in [7, 11) is 1.45. The number of rotatable bonds is 5. The number of nitrogens with one attached hydrogen (secondary N) is 1. The summed E-state index contributed by atoms with van der Waals surface area (Å²) >= 11 is 5.78. The molecule has 0 saturated heterocycles. The second-order valence-electron chi connectivity index (χ2n) is 4.34. The number of halogens is 2. The van der Waals surface area contributed by atoms with E-state index < -0.39 is 0 Å². The van der Waals surface area contributed by atoms with E-state index in [4.69, 9.17) is 16.3 Å². The van der Waals surface area contributed by atoms with E-state index in [2.05, 4.69) is 5.32 Å². The molecule has 1 N–H and O–H groups in total. The van der Waals surface area contributed by atoms with E-state index in [-0.39, 0.29) is 17.1 Å². The molecule has 0 aliphatic carbocycles. The van der Waals surface area contributed by atoms with Crippen LogP contribution >= 0.6 is 11.6 Å². The Labute approximate surface area is 101 Å². The predicted molar refractivity (Wildman–Crippen MR) is 64.6 cm³/mol. The summed E-state index contributed by atoms with van der Waals surface area (Å²) in [6.07, 6.45) is 0. The maximum atomic E-state index is 13.4. The minimum absolute atomic E-state index is 0.155. The summed E-state index contributed by atoms with van der Waals surface area (Å²) in [6, 6.07) is 4.93. The van der Waals surface area contributed by atoms with Crippen molar-refractivity contribution in [1.29, 1.82) is 0 Å². The lowest BCUT2D eigenvalue weighted by atomic mass is 10.1. The average Bonchev–Trinajstić information content (AvgIpc) is 2.27. The van der Waals surface area contributed by atoms with Crippen molar-refractivity contribution in [2.24, 2.45) is 0 Å². The maximum Gasteiger partial charge on any atom is 0.165 e. The standard InChI is InChI=1S/C12H17ClFNO/c1-12(2,8-13)15-7-9-4-5-11(16-3)10(14)6-9/h4-6,15H,7-8H2,1-3H3. The SMILES string of the molecule is COc1ccc(CNC(C)(C)CCl)cc1F. The minimum Gasteiger partial charge on any atom is -0.494 e. The number of hydrogen-bond donors (Lipinski definition) is 1. The van der Waals surface area contributed by atoms with Gasteiger partial charge in [-0.15, -0.1) is 11.6 Å². The van der Waals surface area contributed by atoms with E-state index in [0.29, 0.717) is 12.4 Å². The van der Waals surface area contributed by atoms with E-state index >= 15 is 0 Å². The van der Waals surface area contributed by atoms with Gasteiger partial charge in [-0.2, -0.15) is 0 Å². The first-order valence-corrected chi connectivity index (χ1v) is 5.65. The van der Waals surface area contributed by atoms with Crippen molar-refractivity contribution in [3.63, 3.8) is 0 Å². The molecular weight excluding hydrogens is 229 g/mol. The second-order valence-corrected chi connectivity index (χ2v) is 4.61. The van der Waals surface area contributed by atoms with E-state index in [9.17, 15) is 4.39 Å². The van der Waals surface area contributed by atoms with Crippen LogP contribution in [-0.2, 0) is 6.54 Å². The largest absolute Gasteiger partial charge is 0.494 e. The lowest BCUT2D eigenvalue weighted by molar-refractivity contribution is 0.385.